The summed E-state index contributed by atoms with van der Waals surface area (Å²) in [5.41, 5.74) is 1.95. The summed E-state index contributed by atoms with van der Waals surface area (Å²) in [7, 11) is -1.41. The molecule has 1 N–H and O–H groups in total. The van der Waals surface area contributed by atoms with Crippen LogP contribution in [-0.4, -0.2) is 58.5 Å². The Morgan fingerprint density at radius 1 is 0.826 bits per heavy atom. The number of rotatable bonds is 15. The van der Waals surface area contributed by atoms with E-state index in [4.69, 9.17) is 9.47 Å². The molecule has 0 fully saturated rings. The number of halogens is 1. The van der Waals surface area contributed by atoms with Crippen molar-refractivity contribution in [3.05, 3.63) is 119 Å². The van der Waals surface area contributed by atoms with Crippen LogP contribution in [0.25, 0.3) is 0 Å². The summed E-state index contributed by atoms with van der Waals surface area (Å²) in [5.74, 6) is -0.254. The van der Waals surface area contributed by atoms with E-state index in [1.54, 1.807) is 30.3 Å². The number of para-hydroxylation sites is 1. The van der Waals surface area contributed by atoms with Crippen LogP contribution in [0.2, 0.25) is 0 Å². The Kier molecular flexibility index (Phi) is 12.2. The van der Waals surface area contributed by atoms with Crippen molar-refractivity contribution in [2.24, 2.45) is 0 Å². The summed E-state index contributed by atoms with van der Waals surface area (Å²) < 4.78 is 41.1. The summed E-state index contributed by atoms with van der Waals surface area (Å²) >= 11 is 3.45. The molecule has 4 aromatic carbocycles. The fraction of sp³-hybridized carbons (Fsp3) is 0.257. The predicted molar refractivity (Wildman–Crippen MR) is 182 cm³/mol. The van der Waals surface area contributed by atoms with E-state index in [1.165, 1.54) is 37.3 Å². The number of methoxy groups -OCH3 is 2. The monoisotopic (exact) mass is 707 g/mol. The molecule has 0 saturated heterocycles. The van der Waals surface area contributed by atoms with Crippen molar-refractivity contribution in [1.82, 2.24) is 10.2 Å². The average Bonchev–Trinajstić information content (AvgIpc) is 3.08. The summed E-state index contributed by atoms with van der Waals surface area (Å²) in [4.78, 5) is 29.6. The zero-order chi connectivity index (χ0) is 33.1. The number of amides is 2. The van der Waals surface area contributed by atoms with Crippen LogP contribution >= 0.6 is 15.9 Å². The minimum atomic E-state index is -4.29. The van der Waals surface area contributed by atoms with Crippen molar-refractivity contribution in [3.8, 4) is 11.5 Å². The molecule has 0 aliphatic rings. The number of carbonyl (C=O) groups excluding carboxylic acids is 2. The van der Waals surface area contributed by atoms with Crippen LogP contribution in [0, 0.1) is 0 Å². The third kappa shape index (κ3) is 8.67. The van der Waals surface area contributed by atoms with Gasteiger partial charge in [0.05, 0.1) is 24.8 Å². The molecule has 0 heterocycles. The number of nitrogens with zero attached hydrogens (tertiary/aromatic N) is 2. The highest BCUT2D eigenvalue weighted by Crippen LogP contribution is 2.32. The van der Waals surface area contributed by atoms with Gasteiger partial charge in [0, 0.05) is 30.0 Å². The number of carbonyl (C=O) groups is 2. The van der Waals surface area contributed by atoms with Crippen LogP contribution in [0.5, 0.6) is 11.5 Å². The predicted octanol–water partition coefficient (Wildman–Crippen LogP) is 5.83. The number of hydrogen-bond donors (Lipinski definition) is 1. The quantitative estimate of drug-likeness (QED) is 0.167. The molecule has 0 aliphatic carbocycles. The Morgan fingerprint density at radius 3 is 2.07 bits per heavy atom. The van der Waals surface area contributed by atoms with Gasteiger partial charge in [-0.05, 0) is 53.9 Å². The van der Waals surface area contributed by atoms with Gasteiger partial charge in [0.25, 0.3) is 10.0 Å². The topological polar surface area (TPSA) is 105 Å². The van der Waals surface area contributed by atoms with Crippen molar-refractivity contribution >= 4 is 43.5 Å². The van der Waals surface area contributed by atoms with Crippen molar-refractivity contribution in [2.75, 3.05) is 31.6 Å². The molecule has 4 rings (SSSR count). The maximum Gasteiger partial charge on any atom is 0.264 e. The number of anilines is 1. The third-order valence-electron chi connectivity index (χ3n) is 7.35. The first-order valence-corrected chi connectivity index (χ1v) is 17.1. The van der Waals surface area contributed by atoms with Gasteiger partial charge in [-0.25, -0.2) is 8.42 Å². The Hall–Kier alpha value is -4.35. The normalized spacial score (nSPS) is 11.7. The van der Waals surface area contributed by atoms with E-state index in [0.29, 0.717) is 18.0 Å². The van der Waals surface area contributed by atoms with E-state index in [1.807, 2.05) is 61.5 Å². The number of benzene rings is 4. The van der Waals surface area contributed by atoms with E-state index in [-0.39, 0.29) is 29.5 Å². The lowest BCUT2D eigenvalue weighted by molar-refractivity contribution is -0.140. The van der Waals surface area contributed by atoms with E-state index in [0.717, 1.165) is 26.3 Å². The van der Waals surface area contributed by atoms with E-state index >= 15 is 0 Å². The Labute approximate surface area is 279 Å². The largest absolute Gasteiger partial charge is 0.493 e. The number of hydrogen-bond acceptors (Lipinski definition) is 6. The highest BCUT2D eigenvalue weighted by molar-refractivity contribution is 9.10. The third-order valence-corrected chi connectivity index (χ3v) is 9.65. The molecule has 0 aliphatic heterocycles. The second-order valence-corrected chi connectivity index (χ2v) is 13.3. The van der Waals surface area contributed by atoms with Crippen molar-refractivity contribution in [1.29, 1.82) is 0 Å². The summed E-state index contributed by atoms with van der Waals surface area (Å²) in [6, 6.07) is 28.7. The lowest BCUT2D eigenvalue weighted by Crippen LogP contribution is -2.53. The minimum absolute atomic E-state index is 0.0808. The molecule has 46 heavy (non-hydrogen) atoms. The molecule has 9 nitrogen and oxygen atoms in total. The Bertz CT molecular complexity index is 1700. The van der Waals surface area contributed by atoms with Gasteiger partial charge < -0.3 is 19.7 Å². The standard InChI is InChI=1S/C35H38BrN3O6S/c1-4-21-37-35(41)31(22-26-11-7-5-8-12-26)38(24-27-15-17-28(36)18-16-27)34(40)25-39(29-13-9-6-10-14-29)46(42,43)30-19-20-32(44-2)33(23-30)45-3/h5-20,23,31H,4,21-22,24-25H2,1-3H3,(H,37,41)/t31-/m1/s1. The average molecular weight is 709 g/mol. The van der Waals surface area contributed by atoms with Gasteiger partial charge in [0.15, 0.2) is 11.5 Å². The van der Waals surface area contributed by atoms with Gasteiger partial charge in [-0.15, -0.1) is 0 Å². The zero-order valence-corrected chi connectivity index (χ0v) is 28.5. The summed E-state index contributed by atoms with van der Waals surface area (Å²) in [6.07, 6.45) is 0.961. The van der Waals surface area contributed by atoms with Crippen LogP contribution < -0.4 is 19.1 Å². The van der Waals surface area contributed by atoms with Gasteiger partial charge in [0.2, 0.25) is 11.8 Å². The van der Waals surface area contributed by atoms with Crippen LogP contribution in [0.15, 0.2) is 112 Å². The van der Waals surface area contributed by atoms with Crippen molar-refractivity contribution in [3.63, 3.8) is 0 Å². The van der Waals surface area contributed by atoms with E-state index < -0.39 is 28.5 Å². The fourth-order valence-corrected chi connectivity index (χ4v) is 6.63. The van der Waals surface area contributed by atoms with Crippen LogP contribution in [0.1, 0.15) is 24.5 Å². The molecule has 0 bridgehead atoms. The van der Waals surface area contributed by atoms with Gasteiger partial charge in [-0.3, -0.25) is 13.9 Å². The number of nitrogens with one attached hydrogen (secondary N) is 1. The lowest BCUT2D eigenvalue weighted by atomic mass is 10.0. The fourth-order valence-electron chi connectivity index (χ4n) is 4.93. The van der Waals surface area contributed by atoms with E-state index in [9.17, 15) is 18.0 Å². The number of sulfonamides is 1. The van der Waals surface area contributed by atoms with Crippen LogP contribution in [0.3, 0.4) is 0 Å². The molecule has 0 spiro atoms. The first-order valence-electron chi connectivity index (χ1n) is 14.8. The molecular formula is C35H38BrN3O6S. The summed E-state index contributed by atoms with van der Waals surface area (Å²) in [6.45, 7) is 1.92. The number of ether oxygens (including phenoxy) is 2. The first-order chi connectivity index (χ1) is 22.2. The van der Waals surface area contributed by atoms with E-state index in [2.05, 4.69) is 21.2 Å². The van der Waals surface area contributed by atoms with Crippen molar-refractivity contribution in [2.45, 2.75) is 37.2 Å². The van der Waals surface area contributed by atoms with Crippen LogP contribution in [0.4, 0.5) is 5.69 Å². The second kappa shape index (κ2) is 16.3. The van der Waals surface area contributed by atoms with Gasteiger partial charge in [0.1, 0.15) is 12.6 Å². The first kappa shape index (κ1) is 34.5. The molecule has 4 aromatic rings. The molecule has 0 radical (unpaired) electrons. The maximum atomic E-state index is 14.5. The molecule has 1 atom stereocenters. The smallest absolute Gasteiger partial charge is 0.264 e. The van der Waals surface area contributed by atoms with Crippen LogP contribution in [-0.2, 0) is 32.6 Å². The summed E-state index contributed by atoms with van der Waals surface area (Å²) in [5, 5.41) is 2.95. The molecular weight excluding hydrogens is 670 g/mol. The molecule has 242 valence electrons. The highest BCUT2D eigenvalue weighted by atomic mass is 79.9. The Balaban J connectivity index is 1.79. The second-order valence-electron chi connectivity index (χ2n) is 10.5. The van der Waals surface area contributed by atoms with Gasteiger partial charge >= 0.3 is 0 Å². The Morgan fingerprint density at radius 2 is 1.46 bits per heavy atom. The maximum absolute atomic E-state index is 14.5. The van der Waals surface area contributed by atoms with Gasteiger partial charge in [-0.2, -0.15) is 0 Å². The molecule has 11 heteroatoms. The molecule has 0 saturated carbocycles. The highest BCUT2D eigenvalue weighted by Gasteiger charge is 2.35. The van der Waals surface area contributed by atoms with Crippen molar-refractivity contribution < 1.29 is 27.5 Å². The minimum Gasteiger partial charge on any atom is -0.493 e. The SMILES string of the molecule is CCCNC(=O)[C@@H](Cc1ccccc1)N(Cc1ccc(Br)cc1)C(=O)CN(c1ccccc1)S(=O)(=O)c1ccc(OC)c(OC)c1. The lowest BCUT2D eigenvalue weighted by Gasteiger charge is -2.34. The van der Waals surface area contributed by atoms with Gasteiger partial charge in [-0.1, -0.05) is 83.5 Å². The molecule has 2 amide bonds. The molecule has 0 unspecified atom stereocenters. The zero-order valence-electron chi connectivity index (χ0n) is 26.1. The molecule has 0 aromatic heterocycles.